The van der Waals surface area contributed by atoms with E-state index in [0.29, 0.717) is 6.04 Å². The van der Waals surface area contributed by atoms with Crippen molar-refractivity contribution < 1.29 is 0 Å². The maximum Gasteiger partial charge on any atom is 0.0965 e. The average Bonchev–Trinajstić information content (AvgIpc) is 2.86. The van der Waals surface area contributed by atoms with E-state index in [1.54, 1.807) is 0 Å². The highest BCUT2D eigenvalue weighted by Crippen LogP contribution is 2.11. The number of benzene rings is 1. The summed E-state index contributed by atoms with van der Waals surface area (Å²) in [4.78, 5) is 0. The SMILES string of the molecule is CC(Cc1ccccc1)NCc1cn(C(C)(C)C)nn1. The van der Waals surface area contributed by atoms with Crippen molar-refractivity contribution in [1.29, 1.82) is 0 Å². The summed E-state index contributed by atoms with van der Waals surface area (Å²) in [6.45, 7) is 9.32. The molecule has 0 saturated carbocycles. The molecule has 0 amide bonds. The normalized spacial score (nSPS) is 13.4. The van der Waals surface area contributed by atoms with Gasteiger partial charge in [-0.25, -0.2) is 4.68 Å². The average molecular weight is 272 g/mol. The predicted octanol–water partition coefficient (Wildman–Crippen LogP) is 2.75. The Kier molecular flexibility index (Phi) is 4.55. The molecule has 1 aromatic carbocycles. The summed E-state index contributed by atoms with van der Waals surface area (Å²) in [5, 5.41) is 11.9. The van der Waals surface area contributed by atoms with Crippen LogP contribution in [-0.4, -0.2) is 21.0 Å². The molecular formula is C16H24N4. The van der Waals surface area contributed by atoms with Crippen LogP contribution in [0.25, 0.3) is 0 Å². The van der Waals surface area contributed by atoms with E-state index in [-0.39, 0.29) is 5.54 Å². The third-order valence-corrected chi connectivity index (χ3v) is 3.24. The zero-order chi connectivity index (χ0) is 14.6. The Morgan fingerprint density at radius 2 is 1.90 bits per heavy atom. The first-order valence-corrected chi connectivity index (χ1v) is 7.14. The van der Waals surface area contributed by atoms with Crippen LogP contribution in [0, 0.1) is 0 Å². The van der Waals surface area contributed by atoms with Crippen LogP contribution in [0.4, 0.5) is 0 Å². The summed E-state index contributed by atoms with van der Waals surface area (Å²) in [7, 11) is 0. The van der Waals surface area contributed by atoms with Gasteiger partial charge >= 0.3 is 0 Å². The Morgan fingerprint density at radius 1 is 1.20 bits per heavy atom. The molecule has 2 rings (SSSR count). The fourth-order valence-corrected chi connectivity index (χ4v) is 2.03. The van der Waals surface area contributed by atoms with Crippen molar-refractivity contribution in [1.82, 2.24) is 20.3 Å². The first-order valence-electron chi connectivity index (χ1n) is 7.14. The molecule has 108 valence electrons. The first-order chi connectivity index (χ1) is 9.45. The number of nitrogens with zero attached hydrogens (tertiary/aromatic N) is 3. The molecule has 4 heteroatoms. The molecule has 20 heavy (non-hydrogen) atoms. The third kappa shape index (κ3) is 4.17. The highest BCUT2D eigenvalue weighted by Gasteiger charge is 2.15. The van der Waals surface area contributed by atoms with Gasteiger partial charge in [0.1, 0.15) is 0 Å². The Labute approximate surface area is 121 Å². The lowest BCUT2D eigenvalue weighted by atomic mass is 10.1. The molecular weight excluding hydrogens is 248 g/mol. The van der Waals surface area contributed by atoms with Gasteiger partial charge in [0.2, 0.25) is 0 Å². The topological polar surface area (TPSA) is 42.7 Å². The molecule has 2 aromatic rings. The van der Waals surface area contributed by atoms with E-state index < -0.39 is 0 Å². The summed E-state index contributed by atoms with van der Waals surface area (Å²) in [6.07, 6.45) is 3.04. The first kappa shape index (κ1) is 14.7. The van der Waals surface area contributed by atoms with Crippen LogP contribution in [-0.2, 0) is 18.5 Å². The van der Waals surface area contributed by atoms with Gasteiger partial charge in [-0.1, -0.05) is 35.5 Å². The van der Waals surface area contributed by atoms with Crippen molar-refractivity contribution >= 4 is 0 Å². The largest absolute Gasteiger partial charge is 0.308 e. The van der Waals surface area contributed by atoms with Crippen LogP contribution in [0.2, 0.25) is 0 Å². The molecule has 0 aliphatic heterocycles. The van der Waals surface area contributed by atoms with E-state index >= 15 is 0 Å². The number of nitrogens with one attached hydrogen (secondary N) is 1. The van der Waals surface area contributed by atoms with E-state index in [0.717, 1.165) is 18.7 Å². The number of hydrogen-bond acceptors (Lipinski definition) is 3. The number of rotatable bonds is 5. The zero-order valence-corrected chi connectivity index (χ0v) is 12.8. The van der Waals surface area contributed by atoms with Crippen molar-refractivity contribution in [3.05, 3.63) is 47.8 Å². The molecule has 0 radical (unpaired) electrons. The molecule has 0 aliphatic carbocycles. The zero-order valence-electron chi connectivity index (χ0n) is 12.8. The fourth-order valence-electron chi connectivity index (χ4n) is 2.03. The van der Waals surface area contributed by atoms with E-state index in [4.69, 9.17) is 0 Å². The summed E-state index contributed by atoms with van der Waals surface area (Å²) in [5.41, 5.74) is 2.33. The van der Waals surface area contributed by atoms with Crippen LogP contribution < -0.4 is 5.32 Å². The minimum absolute atomic E-state index is 0.0130. The van der Waals surface area contributed by atoms with Crippen LogP contribution >= 0.6 is 0 Å². The Hall–Kier alpha value is -1.68. The number of aromatic nitrogens is 3. The second-order valence-corrected chi connectivity index (χ2v) is 6.30. The smallest absolute Gasteiger partial charge is 0.0965 e. The molecule has 0 aliphatic rings. The maximum atomic E-state index is 4.21. The van der Waals surface area contributed by atoms with Crippen LogP contribution in [0.15, 0.2) is 36.5 Å². The molecule has 0 saturated heterocycles. The van der Waals surface area contributed by atoms with Gasteiger partial charge < -0.3 is 5.32 Å². The maximum absolute atomic E-state index is 4.21. The fraction of sp³-hybridized carbons (Fsp3) is 0.500. The van der Waals surface area contributed by atoms with Gasteiger partial charge in [0, 0.05) is 12.6 Å². The molecule has 1 heterocycles. The van der Waals surface area contributed by atoms with Crippen molar-refractivity contribution in [2.24, 2.45) is 0 Å². The van der Waals surface area contributed by atoms with E-state index in [2.05, 4.69) is 67.6 Å². The summed E-state index contributed by atoms with van der Waals surface area (Å²) >= 11 is 0. The lowest BCUT2D eigenvalue weighted by Crippen LogP contribution is -2.27. The highest BCUT2D eigenvalue weighted by molar-refractivity contribution is 5.15. The lowest BCUT2D eigenvalue weighted by molar-refractivity contribution is 0.347. The summed E-state index contributed by atoms with van der Waals surface area (Å²) in [5.74, 6) is 0. The lowest BCUT2D eigenvalue weighted by Gasteiger charge is -2.17. The van der Waals surface area contributed by atoms with Gasteiger partial charge in [-0.3, -0.25) is 0 Å². The third-order valence-electron chi connectivity index (χ3n) is 3.24. The van der Waals surface area contributed by atoms with Crippen molar-refractivity contribution in [3.8, 4) is 0 Å². The van der Waals surface area contributed by atoms with Crippen LogP contribution in [0.1, 0.15) is 39.0 Å². The second kappa shape index (κ2) is 6.18. The number of hydrogen-bond donors (Lipinski definition) is 1. The highest BCUT2D eigenvalue weighted by atomic mass is 15.4. The molecule has 0 spiro atoms. The molecule has 1 atom stereocenters. The van der Waals surface area contributed by atoms with Gasteiger partial charge in [-0.2, -0.15) is 0 Å². The van der Waals surface area contributed by atoms with Crippen molar-refractivity contribution in [3.63, 3.8) is 0 Å². The van der Waals surface area contributed by atoms with Crippen LogP contribution in [0.3, 0.4) is 0 Å². The molecule has 1 aromatic heterocycles. The minimum atomic E-state index is -0.0130. The Bertz CT molecular complexity index is 525. The quantitative estimate of drug-likeness (QED) is 0.910. The van der Waals surface area contributed by atoms with Gasteiger partial charge in [0.05, 0.1) is 17.4 Å². The predicted molar refractivity (Wildman–Crippen MR) is 81.5 cm³/mol. The van der Waals surface area contributed by atoms with E-state index in [1.165, 1.54) is 5.56 Å². The summed E-state index contributed by atoms with van der Waals surface area (Å²) < 4.78 is 1.91. The Balaban J connectivity index is 1.84. The monoisotopic (exact) mass is 272 g/mol. The molecule has 4 nitrogen and oxygen atoms in total. The van der Waals surface area contributed by atoms with Crippen LogP contribution in [0.5, 0.6) is 0 Å². The molecule has 0 bridgehead atoms. The summed E-state index contributed by atoms with van der Waals surface area (Å²) in [6, 6.07) is 10.9. The van der Waals surface area contributed by atoms with Gasteiger partial charge in [0.25, 0.3) is 0 Å². The molecule has 1 N–H and O–H groups in total. The van der Waals surface area contributed by atoms with E-state index in [9.17, 15) is 0 Å². The van der Waals surface area contributed by atoms with E-state index in [1.807, 2.05) is 16.9 Å². The van der Waals surface area contributed by atoms with Gasteiger partial charge in [-0.15, -0.1) is 5.10 Å². The second-order valence-electron chi connectivity index (χ2n) is 6.30. The molecule has 0 fully saturated rings. The standard InChI is InChI=1S/C16H24N4/c1-13(10-14-8-6-5-7-9-14)17-11-15-12-20(19-18-15)16(2,3)4/h5-9,12-13,17H,10-11H2,1-4H3. The van der Waals surface area contributed by atoms with Crippen molar-refractivity contribution in [2.75, 3.05) is 0 Å². The minimum Gasteiger partial charge on any atom is -0.308 e. The molecule has 1 unspecified atom stereocenters. The van der Waals surface area contributed by atoms with Gasteiger partial charge in [-0.05, 0) is 39.7 Å². The van der Waals surface area contributed by atoms with Gasteiger partial charge in [0.15, 0.2) is 0 Å². The van der Waals surface area contributed by atoms with Crippen molar-refractivity contribution in [2.45, 2.75) is 52.2 Å². The Morgan fingerprint density at radius 3 is 2.50 bits per heavy atom.